The fourth-order valence-corrected chi connectivity index (χ4v) is 3.38. The van der Waals surface area contributed by atoms with E-state index in [4.69, 9.17) is 5.26 Å². The Labute approximate surface area is 163 Å². The highest BCUT2D eigenvalue weighted by molar-refractivity contribution is 5.51. The highest BCUT2D eigenvalue weighted by Crippen LogP contribution is 2.31. The molecule has 0 aliphatic heterocycles. The second-order valence-corrected chi connectivity index (χ2v) is 6.64. The van der Waals surface area contributed by atoms with Gasteiger partial charge in [0.25, 0.3) is 0 Å². The normalized spacial score (nSPS) is 13.3. The van der Waals surface area contributed by atoms with Gasteiger partial charge in [-0.3, -0.25) is 9.08 Å². The van der Waals surface area contributed by atoms with E-state index in [0.717, 1.165) is 6.07 Å². The Morgan fingerprint density at radius 1 is 1.24 bits per heavy atom. The van der Waals surface area contributed by atoms with Gasteiger partial charge in [-0.15, -0.1) is 0 Å². The van der Waals surface area contributed by atoms with Crippen molar-refractivity contribution >= 4 is 5.52 Å². The van der Waals surface area contributed by atoms with Crippen LogP contribution in [0.25, 0.3) is 5.52 Å². The smallest absolute Gasteiger partial charge is 0.265 e. The van der Waals surface area contributed by atoms with E-state index >= 15 is 0 Å². The zero-order valence-electron chi connectivity index (χ0n) is 15.3. The summed E-state index contributed by atoms with van der Waals surface area (Å²) in [7, 11) is 0. The SMILES string of the molecule is CC(C(Cn1cncn1)c1ccc(F)cc1F)n1ncc2cc(C#N)cn2c1=O. The number of rotatable bonds is 5. The van der Waals surface area contributed by atoms with Crippen LogP contribution in [0, 0.1) is 23.0 Å². The minimum absolute atomic E-state index is 0.199. The summed E-state index contributed by atoms with van der Waals surface area (Å²) < 4.78 is 32.0. The first-order chi connectivity index (χ1) is 14.0. The average Bonchev–Trinajstić information content (AvgIpc) is 3.36. The molecule has 2 atom stereocenters. The van der Waals surface area contributed by atoms with Gasteiger partial charge in [-0.1, -0.05) is 6.07 Å². The van der Waals surface area contributed by atoms with E-state index in [1.165, 1.54) is 50.9 Å². The number of aromatic nitrogens is 6. The minimum atomic E-state index is -0.719. The summed E-state index contributed by atoms with van der Waals surface area (Å²) in [6.45, 7) is 1.92. The Bertz CT molecular complexity index is 1270. The van der Waals surface area contributed by atoms with Crippen LogP contribution in [0.2, 0.25) is 0 Å². The molecule has 2 unspecified atom stereocenters. The summed E-state index contributed by atoms with van der Waals surface area (Å²) in [4.78, 5) is 16.8. The Hall–Kier alpha value is -3.87. The van der Waals surface area contributed by atoms with E-state index in [0.29, 0.717) is 11.1 Å². The van der Waals surface area contributed by atoms with Gasteiger partial charge < -0.3 is 0 Å². The molecule has 4 rings (SSSR count). The fraction of sp³-hybridized carbons (Fsp3) is 0.211. The third kappa shape index (κ3) is 3.38. The molecule has 4 aromatic rings. The first-order valence-electron chi connectivity index (χ1n) is 8.75. The molecule has 0 N–H and O–H groups in total. The maximum atomic E-state index is 14.6. The number of hydrogen-bond acceptors (Lipinski definition) is 5. The van der Waals surface area contributed by atoms with Crippen LogP contribution < -0.4 is 5.69 Å². The van der Waals surface area contributed by atoms with Crippen molar-refractivity contribution < 1.29 is 8.78 Å². The van der Waals surface area contributed by atoms with E-state index < -0.39 is 29.3 Å². The Morgan fingerprint density at radius 3 is 2.76 bits per heavy atom. The summed E-state index contributed by atoms with van der Waals surface area (Å²) in [6.07, 6.45) is 5.72. The first kappa shape index (κ1) is 18.5. The predicted octanol–water partition coefficient (Wildman–Crippen LogP) is 2.28. The molecule has 3 heterocycles. The molecule has 0 aliphatic rings. The van der Waals surface area contributed by atoms with Crippen molar-refractivity contribution in [2.75, 3.05) is 0 Å². The van der Waals surface area contributed by atoms with Gasteiger partial charge in [0.05, 0.1) is 29.9 Å². The van der Waals surface area contributed by atoms with Crippen molar-refractivity contribution in [2.24, 2.45) is 0 Å². The number of halogens is 2. The van der Waals surface area contributed by atoms with Crippen LogP contribution >= 0.6 is 0 Å². The molecule has 0 saturated carbocycles. The van der Waals surface area contributed by atoms with Crippen LogP contribution in [0.4, 0.5) is 8.78 Å². The maximum absolute atomic E-state index is 14.6. The number of fused-ring (bicyclic) bond motifs is 1. The molecule has 0 spiro atoms. The Morgan fingerprint density at radius 2 is 2.07 bits per heavy atom. The summed E-state index contributed by atoms with van der Waals surface area (Å²) in [5.74, 6) is -2.00. The highest BCUT2D eigenvalue weighted by atomic mass is 19.1. The number of nitrogens with zero attached hydrogens (tertiary/aromatic N) is 7. The zero-order chi connectivity index (χ0) is 20.5. The van der Waals surface area contributed by atoms with Gasteiger partial charge in [0.1, 0.15) is 30.4 Å². The quantitative estimate of drug-likeness (QED) is 0.517. The molecule has 29 heavy (non-hydrogen) atoms. The standard InChI is InChI=1S/C19H15F2N7O/c1-12(28-19(29)27-8-13(6-22)4-15(27)7-24-28)17(9-26-11-23-10-25-26)16-3-2-14(20)5-18(16)21/h2-5,7-8,10-12,17H,9H2,1H3. The lowest BCUT2D eigenvalue weighted by molar-refractivity contribution is 0.334. The largest absolute Gasteiger partial charge is 0.349 e. The van der Waals surface area contributed by atoms with Gasteiger partial charge in [-0.05, 0) is 24.6 Å². The number of benzene rings is 1. The minimum Gasteiger partial charge on any atom is -0.265 e. The lowest BCUT2D eigenvalue weighted by Crippen LogP contribution is -2.34. The average molecular weight is 395 g/mol. The number of nitriles is 1. The predicted molar refractivity (Wildman–Crippen MR) is 98.0 cm³/mol. The summed E-state index contributed by atoms with van der Waals surface area (Å²) in [6, 6.07) is 6.26. The third-order valence-corrected chi connectivity index (χ3v) is 4.88. The van der Waals surface area contributed by atoms with Crippen LogP contribution in [0.1, 0.15) is 30.0 Å². The van der Waals surface area contributed by atoms with Gasteiger partial charge in [0.15, 0.2) is 0 Å². The summed E-state index contributed by atoms with van der Waals surface area (Å²) >= 11 is 0. The Kier molecular flexibility index (Phi) is 4.64. The van der Waals surface area contributed by atoms with Crippen LogP contribution in [0.5, 0.6) is 0 Å². The third-order valence-electron chi connectivity index (χ3n) is 4.88. The lowest BCUT2D eigenvalue weighted by Gasteiger charge is -2.25. The van der Waals surface area contributed by atoms with Gasteiger partial charge >= 0.3 is 5.69 Å². The second kappa shape index (κ2) is 7.27. The van der Waals surface area contributed by atoms with E-state index in [-0.39, 0.29) is 12.1 Å². The van der Waals surface area contributed by atoms with Crippen LogP contribution in [0.3, 0.4) is 0 Å². The molecule has 146 valence electrons. The van der Waals surface area contributed by atoms with Crippen LogP contribution in [0.15, 0.2) is 54.1 Å². The van der Waals surface area contributed by atoms with Crippen molar-refractivity contribution in [3.63, 3.8) is 0 Å². The van der Waals surface area contributed by atoms with Crippen molar-refractivity contribution in [3.05, 3.63) is 82.6 Å². The molecule has 0 bridgehead atoms. The van der Waals surface area contributed by atoms with Gasteiger partial charge in [0.2, 0.25) is 0 Å². The zero-order valence-corrected chi connectivity index (χ0v) is 15.3. The molecule has 0 amide bonds. The molecule has 3 aromatic heterocycles. The van der Waals surface area contributed by atoms with Crippen molar-refractivity contribution in [1.29, 1.82) is 5.26 Å². The number of hydrogen-bond donors (Lipinski definition) is 0. The molecule has 0 fully saturated rings. The van der Waals surface area contributed by atoms with E-state index in [1.807, 2.05) is 6.07 Å². The second-order valence-electron chi connectivity index (χ2n) is 6.64. The van der Waals surface area contributed by atoms with E-state index in [9.17, 15) is 13.6 Å². The molecule has 8 nitrogen and oxygen atoms in total. The van der Waals surface area contributed by atoms with Crippen molar-refractivity contribution in [2.45, 2.75) is 25.4 Å². The summed E-state index contributed by atoms with van der Waals surface area (Å²) in [5.41, 5.74) is 0.574. The highest BCUT2D eigenvalue weighted by Gasteiger charge is 2.27. The Balaban J connectivity index is 1.82. The molecule has 0 radical (unpaired) electrons. The van der Waals surface area contributed by atoms with Crippen molar-refractivity contribution in [1.82, 2.24) is 28.9 Å². The van der Waals surface area contributed by atoms with Crippen LogP contribution in [-0.2, 0) is 6.54 Å². The molecular formula is C19H15F2N7O. The summed E-state index contributed by atoms with van der Waals surface area (Å²) in [5, 5.41) is 17.3. The molecule has 1 aromatic carbocycles. The van der Waals surface area contributed by atoms with E-state index in [2.05, 4.69) is 15.2 Å². The van der Waals surface area contributed by atoms with Gasteiger partial charge in [-0.25, -0.2) is 23.2 Å². The monoisotopic (exact) mass is 395 g/mol. The molecule has 0 aliphatic carbocycles. The maximum Gasteiger partial charge on any atom is 0.349 e. The van der Waals surface area contributed by atoms with Gasteiger partial charge in [-0.2, -0.15) is 15.5 Å². The fourth-order valence-electron chi connectivity index (χ4n) is 3.38. The van der Waals surface area contributed by atoms with E-state index in [1.54, 1.807) is 13.0 Å². The molecule has 10 heteroatoms. The van der Waals surface area contributed by atoms with Crippen LogP contribution in [-0.4, -0.2) is 28.9 Å². The molecule has 0 saturated heterocycles. The lowest BCUT2D eigenvalue weighted by atomic mass is 9.91. The first-order valence-corrected chi connectivity index (χ1v) is 8.75. The van der Waals surface area contributed by atoms with Crippen molar-refractivity contribution in [3.8, 4) is 6.07 Å². The topological polar surface area (TPSA) is 93.8 Å². The molecular weight excluding hydrogens is 380 g/mol. The van der Waals surface area contributed by atoms with Gasteiger partial charge in [0, 0.05) is 18.2 Å².